The Kier molecular flexibility index (Phi) is 2.66. The number of epoxide rings is 1. The van der Waals surface area contributed by atoms with Gasteiger partial charge in [-0.3, -0.25) is 0 Å². The van der Waals surface area contributed by atoms with Crippen LogP contribution in [-0.2, 0) is 16.1 Å². The minimum atomic E-state index is 0.131. The molecule has 0 spiro atoms. The molecular formula is C16H17BrO2. The molecular weight excluding hydrogens is 304 g/mol. The van der Waals surface area contributed by atoms with Crippen molar-refractivity contribution in [2.45, 2.75) is 49.6 Å². The van der Waals surface area contributed by atoms with Crippen molar-refractivity contribution in [3.63, 3.8) is 0 Å². The van der Waals surface area contributed by atoms with E-state index in [1.807, 2.05) is 0 Å². The lowest BCUT2D eigenvalue weighted by Gasteiger charge is -2.15. The first kappa shape index (κ1) is 12.1. The minimum Gasteiger partial charge on any atom is -0.373 e. The predicted octanol–water partition coefficient (Wildman–Crippen LogP) is 3.99. The summed E-state index contributed by atoms with van der Waals surface area (Å²) in [5, 5.41) is 0. The van der Waals surface area contributed by atoms with Crippen LogP contribution in [0.5, 0.6) is 0 Å². The van der Waals surface area contributed by atoms with E-state index in [-0.39, 0.29) is 11.2 Å². The van der Waals surface area contributed by atoms with E-state index in [0.717, 1.165) is 30.2 Å². The molecule has 3 aliphatic rings. The molecule has 2 atom stereocenters. The summed E-state index contributed by atoms with van der Waals surface area (Å²) in [7, 11) is 0. The van der Waals surface area contributed by atoms with E-state index in [1.165, 1.54) is 5.56 Å². The third-order valence-corrected chi connectivity index (χ3v) is 5.28. The number of hydrogen-bond acceptors (Lipinski definition) is 2. The lowest BCUT2D eigenvalue weighted by molar-refractivity contribution is 0.00484. The minimum absolute atomic E-state index is 0.131. The first-order chi connectivity index (χ1) is 9.21. The Balaban J connectivity index is 1.37. The molecule has 2 nitrogen and oxygen atoms in total. The van der Waals surface area contributed by atoms with Gasteiger partial charge in [0, 0.05) is 17.3 Å². The Morgan fingerprint density at radius 1 is 1.11 bits per heavy atom. The highest BCUT2D eigenvalue weighted by molar-refractivity contribution is 9.10. The van der Waals surface area contributed by atoms with Crippen LogP contribution in [0.15, 0.2) is 40.9 Å². The second kappa shape index (κ2) is 4.18. The van der Waals surface area contributed by atoms with Crippen molar-refractivity contribution in [1.29, 1.82) is 0 Å². The van der Waals surface area contributed by atoms with Gasteiger partial charge in [0.25, 0.3) is 0 Å². The predicted molar refractivity (Wildman–Crippen MR) is 76.9 cm³/mol. The van der Waals surface area contributed by atoms with E-state index < -0.39 is 0 Å². The Morgan fingerprint density at radius 2 is 1.74 bits per heavy atom. The number of hydrogen-bond donors (Lipinski definition) is 0. The smallest absolute Gasteiger partial charge is 0.104 e. The van der Waals surface area contributed by atoms with Crippen molar-refractivity contribution >= 4 is 15.9 Å². The second-order valence-electron chi connectivity index (χ2n) is 5.94. The van der Waals surface area contributed by atoms with Gasteiger partial charge in [0.2, 0.25) is 0 Å². The summed E-state index contributed by atoms with van der Waals surface area (Å²) in [4.78, 5) is 0. The van der Waals surface area contributed by atoms with Crippen LogP contribution in [0.4, 0.5) is 0 Å². The molecule has 4 rings (SSSR count). The SMILES string of the molecule is Brc1ccc(COC2C[C@@]34CC=CC[C@@]3(C2)O4)cc1. The van der Waals surface area contributed by atoms with Gasteiger partial charge in [-0.2, -0.15) is 0 Å². The van der Waals surface area contributed by atoms with Crippen LogP contribution >= 0.6 is 15.9 Å². The van der Waals surface area contributed by atoms with Gasteiger partial charge in [-0.25, -0.2) is 0 Å². The van der Waals surface area contributed by atoms with E-state index in [1.54, 1.807) is 0 Å². The first-order valence-corrected chi connectivity index (χ1v) is 7.72. The standard InChI is InChI=1S/C16H17BrO2/c17-13-5-3-12(4-6-13)11-18-14-9-15-7-1-2-8-16(15,10-14)19-15/h1-6,14H,7-11H2/t15-,16-/m0/s1. The molecule has 2 aliphatic carbocycles. The topological polar surface area (TPSA) is 21.8 Å². The monoisotopic (exact) mass is 320 g/mol. The van der Waals surface area contributed by atoms with Gasteiger partial charge in [-0.15, -0.1) is 0 Å². The first-order valence-electron chi connectivity index (χ1n) is 6.93. The average molecular weight is 321 g/mol. The van der Waals surface area contributed by atoms with Crippen LogP contribution in [0.2, 0.25) is 0 Å². The molecule has 1 aromatic rings. The Hall–Kier alpha value is -0.640. The number of rotatable bonds is 3. The zero-order valence-electron chi connectivity index (χ0n) is 10.8. The highest BCUT2D eigenvalue weighted by Crippen LogP contribution is 2.65. The van der Waals surface area contributed by atoms with Crippen LogP contribution < -0.4 is 0 Å². The molecule has 2 fully saturated rings. The molecule has 1 aromatic carbocycles. The Morgan fingerprint density at radius 3 is 2.37 bits per heavy atom. The van der Waals surface area contributed by atoms with E-state index in [9.17, 15) is 0 Å². The highest BCUT2D eigenvalue weighted by Gasteiger charge is 2.74. The van der Waals surface area contributed by atoms with Gasteiger partial charge in [0.15, 0.2) is 0 Å². The summed E-state index contributed by atoms with van der Waals surface area (Å²) in [6.07, 6.45) is 9.17. The molecule has 0 unspecified atom stereocenters. The molecule has 0 bridgehead atoms. The lowest BCUT2D eigenvalue weighted by atomic mass is 9.86. The fraction of sp³-hybridized carbons (Fsp3) is 0.500. The molecule has 1 saturated carbocycles. The van der Waals surface area contributed by atoms with Gasteiger partial charge in [-0.1, -0.05) is 40.2 Å². The maximum Gasteiger partial charge on any atom is 0.104 e. The zero-order chi connectivity index (χ0) is 12.9. The van der Waals surface area contributed by atoms with E-state index in [2.05, 4.69) is 52.3 Å². The van der Waals surface area contributed by atoms with Gasteiger partial charge in [-0.05, 0) is 30.5 Å². The summed E-state index contributed by atoms with van der Waals surface area (Å²) in [6, 6.07) is 8.35. The fourth-order valence-electron chi connectivity index (χ4n) is 3.69. The highest BCUT2D eigenvalue weighted by atomic mass is 79.9. The number of ether oxygens (including phenoxy) is 2. The van der Waals surface area contributed by atoms with Gasteiger partial charge < -0.3 is 9.47 Å². The molecule has 0 N–H and O–H groups in total. The fourth-order valence-corrected chi connectivity index (χ4v) is 3.96. The van der Waals surface area contributed by atoms with Crippen molar-refractivity contribution in [3.05, 3.63) is 46.5 Å². The molecule has 3 heteroatoms. The second-order valence-corrected chi connectivity index (χ2v) is 6.85. The normalized spacial score (nSPS) is 36.1. The van der Waals surface area contributed by atoms with E-state index in [4.69, 9.17) is 9.47 Å². The van der Waals surface area contributed by atoms with Crippen LogP contribution in [-0.4, -0.2) is 17.3 Å². The quantitative estimate of drug-likeness (QED) is 0.620. The molecule has 0 aromatic heterocycles. The molecule has 100 valence electrons. The van der Waals surface area contributed by atoms with Crippen molar-refractivity contribution in [2.24, 2.45) is 0 Å². The molecule has 1 aliphatic heterocycles. The zero-order valence-corrected chi connectivity index (χ0v) is 12.4. The summed E-state index contributed by atoms with van der Waals surface area (Å²) in [6.45, 7) is 0.706. The molecule has 0 amide bonds. The molecule has 1 saturated heterocycles. The number of halogens is 1. The third-order valence-electron chi connectivity index (χ3n) is 4.76. The third kappa shape index (κ3) is 1.91. The number of benzene rings is 1. The van der Waals surface area contributed by atoms with E-state index in [0.29, 0.717) is 12.7 Å². The van der Waals surface area contributed by atoms with Gasteiger partial charge in [0.1, 0.15) is 11.2 Å². The van der Waals surface area contributed by atoms with Gasteiger partial charge >= 0.3 is 0 Å². The van der Waals surface area contributed by atoms with Crippen LogP contribution in [0.1, 0.15) is 31.2 Å². The maximum absolute atomic E-state index is 6.09. The largest absolute Gasteiger partial charge is 0.373 e. The lowest BCUT2D eigenvalue weighted by Crippen LogP contribution is -2.20. The van der Waals surface area contributed by atoms with Crippen molar-refractivity contribution < 1.29 is 9.47 Å². The maximum atomic E-state index is 6.09. The molecule has 0 radical (unpaired) electrons. The average Bonchev–Trinajstić information content (AvgIpc) is 2.95. The molecule has 1 heterocycles. The summed E-state index contributed by atoms with van der Waals surface area (Å²) in [5.74, 6) is 0. The Bertz CT molecular complexity index is 502. The van der Waals surface area contributed by atoms with Crippen LogP contribution in [0, 0.1) is 0 Å². The van der Waals surface area contributed by atoms with Crippen molar-refractivity contribution in [2.75, 3.05) is 0 Å². The van der Waals surface area contributed by atoms with Crippen molar-refractivity contribution in [1.82, 2.24) is 0 Å². The summed E-state index contributed by atoms with van der Waals surface area (Å²) in [5.41, 5.74) is 1.50. The molecule has 19 heavy (non-hydrogen) atoms. The summed E-state index contributed by atoms with van der Waals surface area (Å²) >= 11 is 3.45. The Labute approximate surface area is 121 Å². The van der Waals surface area contributed by atoms with E-state index >= 15 is 0 Å². The van der Waals surface area contributed by atoms with Crippen LogP contribution in [0.25, 0.3) is 0 Å². The van der Waals surface area contributed by atoms with Crippen LogP contribution in [0.3, 0.4) is 0 Å². The van der Waals surface area contributed by atoms with Crippen molar-refractivity contribution in [3.8, 4) is 0 Å². The summed E-state index contributed by atoms with van der Waals surface area (Å²) < 4.78 is 13.2. The van der Waals surface area contributed by atoms with Gasteiger partial charge in [0.05, 0.1) is 12.7 Å².